The minimum atomic E-state index is -0.621. The predicted molar refractivity (Wildman–Crippen MR) is 112 cm³/mol. The van der Waals surface area contributed by atoms with Gasteiger partial charge in [-0.25, -0.2) is 0 Å². The monoisotopic (exact) mass is 411 g/mol. The van der Waals surface area contributed by atoms with Crippen LogP contribution in [0.4, 0.5) is 5.69 Å². The molecule has 0 saturated carbocycles. The van der Waals surface area contributed by atoms with Crippen LogP contribution in [-0.4, -0.2) is 36.8 Å². The smallest absolute Gasteiger partial charge is 0.308 e. The summed E-state index contributed by atoms with van der Waals surface area (Å²) in [4.78, 5) is 47.6. The van der Waals surface area contributed by atoms with E-state index in [9.17, 15) is 19.2 Å². The molecule has 30 heavy (non-hydrogen) atoms. The summed E-state index contributed by atoms with van der Waals surface area (Å²) in [6, 6.07) is 14.9. The summed E-state index contributed by atoms with van der Waals surface area (Å²) in [5, 5.41) is 7.97. The van der Waals surface area contributed by atoms with Gasteiger partial charge in [-0.1, -0.05) is 36.4 Å². The SMILES string of the molecule is CCNC(=O)c1cccc(NC(=O)COC(=O)C[C@H](NC(C)=O)c2ccccc2)c1. The molecule has 0 heterocycles. The Morgan fingerprint density at radius 2 is 1.73 bits per heavy atom. The number of amides is 3. The van der Waals surface area contributed by atoms with E-state index in [0.29, 0.717) is 17.8 Å². The van der Waals surface area contributed by atoms with Crippen molar-refractivity contribution in [2.45, 2.75) is 26.3 Å². The van der Waals surface area contributed by atoms with Crippen LogP contribution in [0, 0.1) is 0 Å². The van der Waals surface area contributed by atoms with Gasteiger partial charge >= 0.3 is 5.97 Å². The molecule has 3 amide bonds. The first-order valence-corrected chi connectivity index (χ1v) is 9.54. The van der Waals surface area contributed by atoms with Crippen molar-refractivity contribution in [3.63, 3.8) is 0 Å². The third-order valence-electron chi connectivity index (χ3n) is 4.06. The molecule has 2 aromatic rings. The number of carbonyl (C=O) groups excluding carboxylic acids is 4. The third-order valence-corrected chi connectivity index (χ3v) is 4.06. The first-order valence-electron chi connectivity index (χ1n) is 9.54. The quantitative estimate of drug-likeness (QED) is 0.548. The summed E-state index contributed by atoms with van der Waals surface area (Å²) in [6.45, 7) is 3.19. The number of anilines is 1. The molecule has 0 bridgehead atoms. The van der Waals surface area contributed by atoms with Crippen molar-refractivity contribution in [1.29, 1.82) is 0 Å². The van der Waals surface area contributed by atoms with Crippen LogP contribution in [0.5, 0.6) is 0 Å². The van der Waals surface area contributed by atoms with Gasteiger partial charge in [0.1, 0.15) is 0 Å². The Morgan fingerprint density at radius 1 is 1.00 bits per heavy atom. The first kappa shape index (κ1) is 22.6. The second-order valence-electron chi connectivity index (χ2n) is 6.52. The minimum Gasteiger partial charge on any atom is -0.455 e. The van der Waals surface area contributed by atoms with E-state index in [0.717, 1.165) is 5.56 Å². The van der Waals surface area contributed by atoms with E-state index in [1.807, 2.05) is 13.0 Å². The zero-order chi connectivity index (χ0) is 21.9. The standard InChI is InChI=1S/C22H25N3O5/c1-3-23-22(29)17-10-7-11-18(12-17)25-20(27)14-30-21(28)13-19(24-15(2)26)16-8-5-4-6-9-16/h4-12,19H,3,13-14H2,1-2H3,(H,23,29)(H,24,26)(H,25,27)/t19-/m0/s1. The Bertz CT molecular complexity index is 899. The van der Waals surface area contributed by atoms with E-state index in [4.69, 9.17) is 4.74 Å². The molecule has 0 radical (unpaired) electrons. The van der Waals surface area contributed by atoms with Crippen LogP contribution in [0.1, 0.15) is 42.2 Å². The highest BCUT2D eigenvalue weighted by atomic mass is 16.5. The van der Waals surface area contributed by atoms with Gasteiger partial charge in [-0.3, -0.25) is 19.2 Å². The van der Waals surface area contributed by atoms with Gasteiger partial charge in [0.15, 0.2) is 6.61 Å². The van der Waals surface area contributed by atoms with E-state index in [1.54, 1.807) is 42.5 Å². The van der Waals surface area contributed by atoms with Crippen LogP contribution in [0.25, 0.3) is 0 Å². The molecule has 0 unspecified atom stereocenters. The highest BCUT2D eigenvalue weighted by Gasteiger charge is 2.19. The van der Waals surface area contributed by atoms with Crippen molar-refractivity contribution in [2.24, 2.45) is 0 Å². The van der Waals surface area contributed by atoms with Gasteiger partial charge in [0, 0.05) is 24.7 Å². The average molecular weight is 411 g/mol. The molecule has 8 heteroatoms. The minimum absolute atomic E-state index is 0.108. The molecule has 0 aliphatic heterocycles. The third kappa shape index (κ3) is 7.38. The average Bonchev–Trinajstić information content (AvgIpc) is 2.72. The van der Waals surface area contributed by atoms with Gasteiger partial charge in [0.05, 0.1) is 12.5 Å². The Balaban J connectivity index is 1.89. The van der Waals surface area contributed by atoms with Gasteiger partial charge in [0.2, 0.25) is 5.91 Å². The fraction of sp³-hybridized carbons (Fsp3) is 0.273. The maximum Gasteiger partial charge on any atom is 0.308 e. The fourth-order valence-electron chi connectivity index (χ4n) is 2.75. The lowest BCUT2D eigenvalue weighted by Gasteiger charge is -2.17. The highest BCUT2D eigenvalue weighted by molar-refractivity contribution is 5.97. The van der Waals surface area contributed by atoms with Gasteiger partial charge in [-0.2, -0.15) is 0 Å². The second kappa shape index (κ2) is 11.4. The molecule has 0 aromatic heterocycles. The molecular formula is C22H25N3O5. The van der Waals surface area contributed by atoms with Gasteiger partial charge in [-0.05, 0) is 30.7 Å². The van der Waals surface area contributed by atoms with Crippen molar-refractivity contribution in [1.82, 2.24) is 10.6 Å². The predicted octanol–water partition coefficient (Wildman–Crippen LogP) is 2.19. The summed E-state index contributed by atoms with van der Waals surface area (Å²) in [5.74, 6) is -1.68. The Morgan fingerprint density at radius 3 is 2.40 bits per heavy atom. The number of hydrogen-bond donors (Lipinski definition) is 3. The van der Waals surface area contributed by atoms with Crippen LogP contribution in [0.3, 0.4) is 0 Å². The van der Waals surface area contributed by atoms with Crippen LogP contribution < -0.4 is 16.0 Å². The number of esters is 1. The maximum atomic E-state index is 12.2. The zero-order valence-corrected chi connectivity index (χ0v) is 16.9. The number of hydrogen-bond acceptors (Lipinski definition) is 5. The molecule has 0 aliphatic carbocycles. The van der Waals surface area contributed by atoms with Crippen LogP contribution in [-0.2, 0) is 19.1 Å². The summed E-state index contributed by atoms with van der Waals surface area (Å²) in [6.07, 6.45) is -0.108. The number of nitrogens with one attached hydrogen (secondary N) is 3. The Labute approximate surface area is 175 Å². The second-order valence-corrected chi connectivity index (χ2v) is 6.52. The highest BCUT2D eigenvalue weighted by Crippen LogP contribution is 2.17. The zero-order valence-electron chi connectivity index (χ0n) is 16.9. The Kier molecular flexibility index (Phi) is 8.56. The van der Waals surface area contributed by atoms with Crippen molar-refractivity contribution in [3.8, 4) is 0 Å². The van der Waals surface area contributed by atoms with Crippen LogP contribution in [0.2, 0.25) is 0 Å². The molecule has 3 N–H and O–H groups in total. The van der Waals surface area contributed by atoms with Crippen molar-refractivity contribution < 1.29 is 23.9 Å². The van der Waals surface area contributed by atoms with E-state index < -0.39 is 24.5 Å². The van der Waals surface area contributed by atoms with Crippen molar-refractivity contribution in [3.05, 3.63) is 65.7 Å². The molecule has 8 nitrogen and oxygen atoms in total. The molecule has 0 fully saturated rings. The molecule has 2 aromatic carbocycles. The lowest BCUT2D eigenvalue weighted by atomic mass is 10.0. The van der Waals surface area contributed by atoms with E-state index >= 15 is 0 Å². The topological polar surface area (TPSA) is 114 Å². The van der Waals surface area contributed by atoms with Crippen LogP contribution >= 0.6 is 0 Å². The number of ether oxygens (including phenoxy) is 1. The van der Waals surface area contributed by atoms with E-state index in [1.165, 1.54) is 13.0 Å². The summed E-state index contributed by atoms with van der Waals surface area (Å²) >= 11 is 0. The lowest BCUT2D eigenvalue weighted by Crippen LogP contribution is -2.29. The molecule has 0 aliphatic rings. The molecular weight excluding hydrogens is 386 g/mol. The van der Waals surface area contributed by atoms with Crippen LogP contribution in [0.15, 0.2) is 54.6 Å². The molecule has 158 valence electrons. The van der Waals surface area contributed by atoms with E-state index in [2.05, 4.69) is 16.0 Å². The number of benzene rings is 2. The number of carbonyl (C=O) groups is 4. The molecule has 1 atom stereocenters. The first-order chi connectivity index (χ1) is 14.4. The molecule has 0 saturated heterocycles. The summed E-state index contributed by atoms with van der Waals surface area (Å²) in [7, 11) is 0. The van der Waals surface area contributed by atoms with Gasteiger partial charge < -0.3 is 20.7 Å². The summed E-state index contributed by atoms with van der Waals surface area (Å²) in [5.41, 5.74) is 1.59. The number of rotatable bonds is 9. The van der Waals surface area contributed by atoms with Crippen molar-refractivity contribution in [2.75, 3.05) is 18.5 Å². The summed E-state index contributed by atoms with van der Waals surface area (Å²) < 4.78 is 5.04. The van der Waals surface area contributed by atoms with Crippen molar-refractivity contribution >= 4 is 29.4 Å². The largest absolute Gasteiger partial charge is 0.455 e. The molecule has 0 spiro atoms. The fourth-order valence-corrected chi connectivity index (χ4v) is 2.75. The Hall–Kier alpha value is -3.68. The normalized spacial score (nSPS) is 11.1. The lowest BCUT2D eigenvalue weighted by molar-refractivity contribution is -0.148. The van der Waals surface area contributed by atoms with Gasteiger partial charge in [-0.15, -0.1) is 0 Å². The van der Waals surface area contributed by atoms with E-state index in [-0.39, 0.29) is 18.2 Å². The van der Waals surface area contributed by atoms with Gasteiger partial charge in [0.25, 0.3) is 11.8 Å². The maximum absolute atomic E-state index is 12.2. The molecule has 2 rings (SSSR count).